The molecule has 10 heteroatoms. The number of hydrogen-bond acceptors (Lipinski definition) is 6. The lowest BCUT2D eigenvalue weighted by molar-refractivity contribution is 0.651. The minimum Gasteiger partial charge on any atom is -0.295 e. The van der Waals surface area contributed by atoms with E-state index in [4.69, 9.17) is 22.1 Å². The third-order valence-corrected chi connectivity index (χ3v) is 6.42. The average molecular weight is 447 g/mol. The summed E-state index contributed by atoms with van der Waals surface area (Å²) in [6.07, 6.45) is 11.0. The van der Waals surface area contributed by atoms with E-state index in [1.807, 2.05) is 6.07 Å². The summed E-state index contributed by atoms with van der Waals surface area (Å²) in [5.74, 6) is 0. The number of rotatable bonds is 0. The van der Waals surface area contributed by atoms with E-state index in [-0.39, 0.29) is 5.56 Å². The van der Waals surface area contributed by atoms with Crippen molar-refractivity contribution in [2.45, 2.75) is 51.4 Å². The number of nitrogens with one attached hydrogen (secondary N) is 1. The van der Waals surface area contributed by atoms with Crippen LogP contribution in [0.3, 0.4) is 0 Å². The third-order valence-electron chi connectivity index (χ3n) is 6.03. The Labute approximate surface area is 187 Å². The number of aromatic amines is 1. The van der Waals surface area contributed by atoms with E-state index in [9.17, 15) is 4.79 Å². The number of H-pyrrole nitrogens is 1. The molecule has 0 bridgehead atoms. The summed E-state index contributed by atoms with van der Waals surface area (Å²) in [4.78, 5) is 21.0. The standard InChI is InChI=1S/C11H9ClN4.C11H10N4O/c12-10-8-3-1-2-4-9(8)15-11-7(5-13)6-14-16(10)11;12-5-7-6-13-15-10(7)14-9-4-2-1-3-8(9)11(15)16/h6H,1-4H2;6,13H,1-4H2. The van der Waals surface area contributed by atoms with Crippen LogP contribution in [0.1, 0.15) is 59.3 Å². The van der Waals surface area contributed by atoms with Gasteiger partial charge in [-0.05, 0) is 51.4 Å². The minimum atomic E-state index is -0.0544. The monoisotopic (exact) mass is 446 g/mol. The third kappa shape index (κ3) is 3.22. The van der Waals surface area contributed by atoms with Crippen molar-refractivity contribution in [2.75, 3.05) is 0 Å². The van der Waals surface area contributed by atoms with Crippen molar-refractivity contribution in [1.82, 2.24) is 29.2 Å². The molecule has 0 saturated carbocycles. The van der Waals surface area contributed by atoms with Crippen LogP contribution in [-0.2, 0) is 25.7 Å². The molecule has 9 nitrogen and oxygen atoms in total. The van der Waals surface area contributed by atoms with Gasteiger partial charge in [-0.2, -0.15) is 15.6 Å². The lowest BCUT2D eigenvalue weighted by Gasteiger charge is -2.16. The summed E-state index contributed by atoms with van der Waals surface area (Å²) in [7, 11) is 0. The van der Waals surface area contributed by atoms with E-state index >= 15 is 0 Å². The van der Waals surface area contributed by atoms with E-state index < -0.39 is 0 Å². The molecule has 0 spiro atoms. The summed E-state index contributed by atoms with van der Waals surface area (Å²) < 4.78 is 2.92. The van der Waals surface area contributed by atoms with Crippen molar-refractivity contribution in [3.63, 3.8) is 0 Å². The molecule has 0 unspecified atom stereocenters. The van der Waals surface area contributed by atoms with Gasteiger partial charge >= 0.3 is 0 Å². The Morgan fingerprint density at radius 2 is 1.53 bits per heavy atom. The molecule has 0 radical (unpaired) electrons. The fourth-order valence-corrected chi connectivity index (χ4v) is 4.72. The van der Waals surface area contributed by atoms with Gasteiger partial charge in [0.2, 0.25) is 0 Å². The van der Waals surface area contributed by atoms with Crippen LogP contribution in [0.15, 0.2) is 17.2 Å². The second-order valence-corrected chi connectivity index (χ2v) is 8.31. The van der Waals surface area contributed by atoms with E-state index in [1.165, 1.54) is 16.9 Å². The predicted molar refractivity (Wildman–Crippen MR) is 117 cm³/mol. The second-order valence-electron chi connectivity index (χ2n) is 7.95. The van der Waals surface area contributed by atoms with Crippen LogP contribution in [0.5, 0.6) is 0 Å². The van der Waals surface area contributed by atoms with Gasteiger partial charge in [-0.25, -0.2) is 19.0 Å². The van der Waals surface area contributed by atoms with Crippen LogP contribution in [0.25, 0.3) is 11.3 Å². The van der Waals surface area contributed by atoms with Crippen molar-refractivity contribution < 1.29 is 0 Å². The van der Waals surface area contributed by atoms with Crippen LogP contribution in [0.4, 0.5) is 0 Å². The number of nitriles is 2. The molecule has 1 N–H and O–H groups in total. The topological polar surface area (TPSA) is 128 Å². The molecule has 32 heavy (non-hydrogen) atoms. The van der Waals surface area contributed by atoms with Crippen molar-refractivity contribution in [2.24, 2.45) is 0 Å². The quantitative estimate of drug-likeness (QED) is 0.413. The van der Waals surface area contributed by atoms with Gasteiger partial charge in [0.25, 0.3) is 5.56 Å². The number of aryl methyl sites for hydroxylation is 2. The van der Waals surface area contributed by atoms with Gasteiger partial charge in [0.05, 0.1) is 11.9 Å². The number of halogens is 1. The van der Waals surface area contributed by atoms with Crippen LogP contribution < -0.4 is 5.56 Å². The first-order valence-electron chi connectivity index (χ1n) is 10.6. The van der Waals surface area contributed by atoms with Gasteiger partial charge in [-0.3, -0.25) is 9.89 Å². The van der Waals surface area contributed by atoms with E-state index in [0.717, 1.165) is 73.9 Å². The van der Waals surface area contributed by atoms with E-state index in [0.29, 0.717) is 27.6 Å². The van der Waals surface area contributed by atoms with Crippen molar-refractivity contribution in [3.8, 4) is 12.1 Å². The van der Waals surface area contributed by atoms with Gasteiger partial charge in [-0.1, -0.05) is 11.6 Å². The zero-order chi connectivity index (χ0) is 22.2. The maximum absolute atomic E-state index is 12.1. The zero-order valence-electron chi connectivity index (χ0n) is 17.2. The number of hydrogen-bond donors (Lipinski definition) is 1. The number of nitrogens with zero attached hydrogens (tertiary/aromatic N) is 7. The van der Waals surface area contributed by atoms with Gasteiger partial charge in [0, 0.05) is 23.0 Å². The predicted octanol–water partition coefficient (Wildman–Crippen LogP) is 2.91. The van der Waals surface area contributed by atoms with Gasteiger partial charge < -0.3 is 0 Å². The number of fused-ring (bicyclic) bond motifs is 4. The van der Waals surface area contributed by atoms with Crippen LogP contribution in [0.2, 0.25) is 5.15 Å². The lowest BCUT2D eigenvalue weighted by atomic mass is 9.97. The molecule has 4 heterocycles. The molecular weight excluding hydrogens is 428 g/mol. The summed E-state index contributed by atoms with van der Waals surface area (Å²) in [5.41, 5.74) is 5.67. The molecule has 6 rings (SSSR count). The Morgan fingerprint density at radius 3 is 2.25 bits per heavy atom. The summed E-state index contributed by atoms with van der Waals surface area (Å²) in [6, 6.07) is 4.11. The average Bonchev–Trinajstić information content (AvgIpc) is 3.44. The Morgan fingerprint density at radius 1 is 0.906 bits per heavy atom. The molecule has 160 valence electrons. The van der Waals surface area contributed by atoms with Gasteiger partial charge in [-0.15, -0.1) is 0 Å². The Kier molecular flexibility index (Phi) is 5.12. The SMILES string of the molecule is N#Cc1c[nH]n2c(=O)c3c(nc12)CCCC3.N#Cc1cnn2c(Cl)c3c(nc12)CCCC3. The highest BCUT2D eigenvalue weighted by Crippen LogP contribution is 2.28. The smallest absolute Gasteiger partial charge is 0.276 e. The maximum Gasteiger partial charge on any atom is 0.276 e. The Balaban J connectivity index is 0.000000135. The zero-order valence-corrected chi connectivity index (χ0v) is 18.0. The lowest BCUT2D eigenvalue weighted by Crippen LogP contribution is -2.24. The van der Waals surface area contributed by atoms with Crippen molar-refractivity contribution >= 4 is 22.9 Å². The molecule has 0 atom stereocenters. The first-order chi connectivity index (χ1) is 15.6. The molecular formula is C22H19ClN8O. The summed E-state index contributed by atoms with van der Waals surface area (Å²) in [6.45, 7) is 0. The van der Waals surface area contributed by atoms with Crippen molar-refractivity contribution in [1.29, 1.82) is 10.5 Å². The Bertz CT molecular complexity index is 1500. The summed E-state index contributed by atoms with van der Waals surface area (Å²) >= 11 is 6.28. The normalized spacial score (nSPS) is 14.7. The van der Waals surface area contributed by atoms with E-state index in [1.54, 1.807) is 4.52 Å². The van der Waals surface area contributed by atoms with Crippen LogP contribution in [0, 0.1) is 22.7 Å². The summed E-state index contributed by atoms with van der Waals surface area (Å²) in [5, 5.41) is 25.3. The first kappa shape index (κ1) is 20.2. The van der Waals surface area contributed by atoms with Crippen molar-refractivity contribution in [3.05, 3.63) is 61.5 Å². The second kappa shape index (κ2) is 8.10. The molecule has 2 aliphatic carbocycles. The molecule has 4 aromatic rings. The fraction of sp³-hybridized carbons (Fsp3) is 0.364. The molecule has 0 aromatic carbocycles. The maximum atomic E-state index is 12.1. The van der Waals surface area contributed by atoms with Gasteiger partial charge in [0.1, 0.15) is 28.4 Å². The molecule has 0 aliphatic heterocycles. The highest BCUT2D eigenvalue weighted by atomic mass is 35.5. The molecule has 4 aromatic heterocycles. The molecule has 2 aliphatic rings. The first-order valence-corrected chi connectivity index (χ1v) is 11.0. The van der Waals surface area contributed by atoms with Gasteiger partial charge in [0.15, 0.2) is 11.3 Å². The molecule has 0 saturated heterocycles. The number of aromatic nitrogens is 6. The molecule has 0 amide bonds. The van der Waals surface area contributed by atoms with E-state index in [2.05, 4.69) is 26.2 Å². The Hall–Kier alpha value is -3.69. The minimum absolute atomic E-state index is 0.0544. The van der Waals surface area contributed by atoms with Crippen LogP contribution in [-0.4, -0.2) is 29.2 Å². The fourth-order valence-electron chi connectivity index (χ4n) is 4.39. The highest BCUT2D eigenvalue weighted by molar-refractivity contribution is 6.30. The molecule has 0 fully saturated rings. The highest BCUT2D eigenvalue weighted by Gasteiger charge is 2.20. The van der Waals surface area contributed by atoms with Crippen LogP contribution >= 0.6 is 11.6 Å². The largest absolute Gasteiger partial charge is 0.295 e.